The number of likely N-dealkylation sites (tertiary alicyclic amines) is 1. The second kappa shape index (κ2) is 6.63. The van der Waals surface area contributed by atoms with Crippen molar-refractivity contribution in [3.05, 3.63) is 21.4 Å². The van der Waals surface area contributed by atoms with Gasteiger partial charge >= 0.3 is 12.3 Å². The molecular formula is C18H24F3NO4S. The SMILES string of the molecule is C[C@H]1CC2(CCN1C(=O)OC(C)(C)C)OCC(O)c1cc(C(F)(F)F)sc12. The molecule has 152 valence electrons. The normalized spacial score (nSPS) is 29.0. The fourth-order valence-corrected chi connectivity index (χ4v) is 4.95. The van der Waals surface area contributed by atoms with E-state index in [1.165, 1.54) is 0 Å². The number of carbonyl (C=O) groups excluding carboxylic acids is 1. The molecule has 2 aliphatic heterocycles. The van der Waals surface area contributed by atoms with E-state index in [1.807, 2.05) is 6.92 Å². The molecule has 1 amide bonds. The third-order valence-corrected chi connectivity index (χ3v) is 6.25. The molecule has 1 N–H and O–H groups in total. The summed E-state index contributed by atoms with van der Waals surface area (Å²) in [6, 6.07) is 0.757. The number of rotatable bonds is 0. The third-order valence-electron chi connectivity index (χ3n) is 4.87. The molecule has 0 aliphatic carbocycles. The summed E-state index contributed by atoms with van der Waals surface area (Å²) in [4.78, 5) is 13.7. The lowest BCUT2D eigenvalue weighted by molar-refractivity contribution is -0.137. The molecule has 9 heteroatoms. The molecule has 2 unspecified atom stereocenters. The van der Waals surface area contributed by atoms with Crippen LogP contribution in [0.4, 0.5) is 18.0 Å². The molecule has 1 saturated heterocycles. The number of aliphatic hydroxyl groups excluding tert-OH is 1. The van der Waals surface area contributed by atoms with E-state index in [1.54, 1.807) is 25.7 Å². The Bertz CT molecular complexity index is 727. The monoisotopic (exact) mass is 407 g/mol. The number of fused-ring (bicyclic) bond motifs is 2. The van der Waals surface area contributed by atoms with Gasteiger partial charge in [-0.15, -0.1) is 11.3 Å². The zero-order valence-electron chi connectivity index (χ0n) is 15.7. The van der Waals surface area contributed by atoms with Crippen LogP contribution in [0.1, 0.15) is 62.0 Å². The molecule has 1 aromatic heterocycles. The summed E-state index contributed by atoms with van der Waals surface area (Å²) < 4.78 is 50.8. The van der Waals surface area contributed by atoms with Crippen LogP contribution in [-0.4, -0.2) is 40.9 Å². The third kappa shape index (κ3) is 3.95. The number of amides is 1. The highest BCUT2D eigenvalue weighted by Crippen LogP contribution is 2.51. The predicted molar refractivity (Wildman–Crippen MR) is 93.5 cm³/mol. The van der Waals surface area contributed by atoms with Crippen molar-refractivity contribution in [3.8, 4) is 0 Å². The van der Waals surface area contributed by atoms with Crippen molar-refractivity contribution < 1.29 is 32.5 Å². The molecule has 0 aromatic carbocycles. The summed E-state index contributed by atoms with van der Waals surface area (Å²) in [5.74, 6) is 0. The largest absolute Gasteiger partial charge is 0.444 e. The number of aliphatic hydroxyl groups is 1. The molecule has 1 aromatic rings. The Labute approximate surface area is 160 Å². The summed E-state index contributed by atoms with van der Waals surface area (Å²) in [7, 11) is 0. The smallest absolute Gasteiger partial charge is 0.425 e. The Morgan fingerprint density at radius 2 is 2.07 bits per heavy atom. The van der Waals surface area contributed by atoms with E-state index in [0.717, 1.165) is 6.07 Å². The molecule has 5 nitrogen and oxygen atoms in total. The number of carbonyl (C=O) groups is 1. The Kier molecular flexibility index (Phi) is 5.01. The second-order valence-corrected chi connectivity index (χ2v) is 9.24. The van der Waals surface area contributed by atoms with Crippen LogP contribution in [0.15, 0.2) is 6.07 Å². The van der Waals surface area contributed by atoms with E-state index in [9.17, 15) is 23.1 Å². The lowest BCUT2D eigenvalue weighted by atomic mass is 9.81. The summed E-state index contributed by atoms with van der Waals surface area (Å²) in [5, 5.41) is 10.1. The number of thiophene rings is 1. The number of ether oxygens (including phenoxy) is 2. The maximum absolute atomic E-state index is 13.2. The van der Waals surface area contributed by atoms with E-state index in [-0.39, 0.29) is 18.2 Å². The quantitative estimate of drug-likeness (QED) is 0.691. The lowest BCUT2D eigenvalue weighted by Crippen LogP contribution is -2.53. The van der Waals surface area contributed by atoms with Crippen molar-refractivity contribution in [1.82, 2.24) is 4.90 Å². The average Bonchev–Trinajstić information content (AvgIpc) is 2.97. The van der Waals surface area contributed by atoms with Gasteiger partial charge in [-0.3, -0.25) is 0 Å². The van der Waals surface area contributed by atoms with Crippen LogP contribution in [-0.2, 0) is 21.3 Å². The second-order valence-electron chi connectivity index (χ2n) is 8.19. The van der Waals surface area contributed by atoms with Gasteiger partial charge in [-0.05, 0) is 40.2 Å². The van der Waals surface area contributed by atoms with Crippen molar-refractivity contribution in [2.45, 2.75) is 70.1 Å². The zero-order valence-corrected chi connectivity index (χ0v) is 16.5. The van der Waals surface area contributed by atoms with Crippen LogP contribution in [0.2, 0.25) is 0 Å². The van der Waals surface area contributed by atoms with E-state index < -0.39 is 34.5 Å². The number of hydrogen-bond donors (Lipinski definition) is 1. The van der Waals surface area contributed by atoms with Gasteiger partial charge in [0.1, 0.15) is 22.2 Å². The minimum absolute atomic E-state index is 0.0554. The molecule has 2 aliphatic rings. The minimum Gasteiger partial charge on any atom is -0.444 e. The first-order chi connectivity index (χ1) is 12.3. The van der Waals surface area contributed by atoms with Gasteiger partial charge < -0.3 is 19.5 Å². The zero-order chi connectivity index (χ0) is 20.2. The number of hydrogen-bond acceptors (Lipinski definition) is 5. The standard InChI is InChI=1S/C18H24F3NO4S/c1-10-8-17(5-6-22(10)15(24)26-16(2,3)4)14-11(12(23)9-25-17)7-13(27-14)18(19,20)21/h7,10,12,23H,5-6,8-9H2,1-4H3/t10-,12?,17?/m0/s1. The molecule has 0 radical (unpaired) electrons. The molecule has 1 fully saturated rings. The highest BCUT2D eigenvalue weighted by Gasteiger charge is 2.49. The van der Waals surface area contributed by atoms with Crippen LogP contribution < -0.4 is 0 Å². The van der Waals surface area contributed by atoms with Gasteiger partial charge in [0, 0.05) is 29.4 Å². The Balaban J connectivity index is 1.86. The number of nitrogens with zero attached hydrogens (tertiary/aromatic N) is 1. The van der Waals surface area contributed by atoms with Crippen molar-refractivity contribution in [2.75, 3.05) is 13.2 Å². The van der Waals surface area contributed by atoms with E-state index >= 15 is 0 Å². The topological polar surface area (TPSA) is 59.0 Å². The van der Waals surface area contributed by atoms with E-state index in [4.69, 9.17) is 9.47 Å². The molecule has 3 atom stereocenters. The van der Waals surface area contributed by atoms with Gasteiger partial charge in [-0.25, -0.2) is 4.79 Å². The maximum Gasteiger partial charge on any atom is 0.425 e. The van der Waals surface area contributed by atoms with Crippen LogP contribution in [0.25, 0.3) is 0 Å². The van der Waals surface area contributed by atoms with Gasteiger partial charge in [-0.1, -0.05) is 0 Å². The molecule has 0 bridgehead atoms. The first-order valence-corrected chi connectivity index (χ1v) is 9.67. The van der Waals surface area contributed by atoms with Crippen molar-refractivity contribution >= 4 is 17.4 Å². The Morgan fingerprint density at radius 3 is 2.63 bits per heavy atom. The number of alkyl halides is 3. The van der Waals surface area contributed by atoms with Gasteiger partial charge in [0.05, 0.1) is 6.61 Å². The Hall–Kier alpha value is -1.32. The molecule has 0 saturated carbocycles. The van der Waals surface area contributed by atoms with Crippen molar-refractivity contribution in [1.29, 1.82) is 0 Å². The van der Waals surface area contributed by atoms with Gasteiger partial charge in [0.25, 0.3) is 0 Å². The first kappa shape index (κ1) is 20.4. The lowest BCUT2D eigenvalue weighted by Gasteiger charge is -2.47. The van der Waals surface area contributed by atoms with Crippen LogP contribution >= 0.6 is 11.3 Å². The molecule has 27 heavy (non-hydrogen) atoms. The van der Waals surface area contributed by atoms with E-state index in [0.29, 0.717) is 35.6 Å². The fourth-order valence-electron chi connectivity index (χ4n) is 3.68. The van der Waals surface area contributed by atoms with Gasteiger partial charge in [0.2, 0.25) is 0 Å². The van der Waals surface area contributed by atoms with Crippen molar-refractivity contribution in [2.24, 2.45) is 0 Å². The summed E-state index contributed by atoms with van der Waals surface area (Å²) in [6.45, 7) is 7.43. The average molecular weight is 407 g/mol. The highest BCUT2D eigenvalue weighted by molar-refractivity contribution is 7.12. The fraction of sp³-hybridized carbons (Fsp3) is 0.722. The Morgan fingerprint density at radius 1 is 1.41 bits per heavy atom. The van der Waals surface area contributed by atoms with Crippen molar-refractivity contribution in [3.63, 3.8) is 0 Å². The summed E-state index contributed by atoms with van der Waals surface area (Å²) >= 11 is 0.628. The highest BCUT2D eigenvalue weighted by atomic mass is 32.1. The van der Waals surface area contributed by atoms with E-state index in [2.05, 4.69) is 0 Å². The number of halogens is 3. The first-order valence-electron chi connectivity index (χ1n) is 8.85. The van der Waals surface area contributed by atoms with Crippen LogP contribution in [0, 0.1) is 0 Å². The molecular weight excluding hydrogens is 383 g/mol. The van der Waals surface area contributed by atoms with Gasteiger partial charge in [0.15, 0.2) is 0 Å². The predicted octanol–water partition coefficient (Wildman–Crippen LogP) is 4.45. The summed E-state index contributed by atoms with van der Waals surface area (Å²) in [6.07, 6.45) is -5.27. The summed E-state index contributed by atoms with van der Waals surface area (Å²) in [5.41, 5.74) is -1.25. The van der Waals surface area contributed by atoms with Gasteiger partial charge in [-0.2, -0.15) is 13.2 Å². The number of piperidine rings is 1. The van der Waals surface area contributed by atoms with Crippen LogP contribution in [0.3, 0.4) is 0 Å². The maximum atomic E-state index is 13.2. The molecule has 3 rings (SSSR count). The molecule has 3 heterocycles. The van der Waals surface area contributed by atoms with Crippen LogP contribution in [0.5, 0.6) is 0 Å². The minimum atomic E-state index is -4.47. The molecule has 1 spiro atoms.